The van der Waals surface area contributed by atoms with Gasteiger partial charge in [-0.1, -0.05) is 84.4 Å². The van der Waals surface area contributed by atoms with Crippen LogP contribution in [-0.2, 0) is 14.8 Å². The summed E-state index contributed by atoms with van der Waals surface area (Å²) in [6.45, 7) is 1.47. The lowest BCUT2D eigenvalue weighted by molar-refractivity contribution is -0.114. The molecule has 0 saturated heterocycles. The van der Waals surface area contributed by atoms with Crippen LogP contribution in [0.15, 0.2) is 138 Å². The third-order valence-corrected chi connectivity index (χ3v) is 8.07. The van der Waals surface area contributed by atoms with Crippen LogP contribution in [0.4, 0.5) is 11.4 Å². The predicted octanol–water partition coefficient (Wildman–Crippen LogP) is 7.29. The van der Waals surface area contributed by atoms with E-state index < -0.39 is 22.5 Å². The van der Waals surface area contributed by atoms with Crippen molar-refractivity contribution in [3.8, 4) is 22.6 Å². The molecule has 5 aromatic carbocycles. The molecule has 7 heteroatoms. The van der Waals surface area contributed by atoms with Gasteiger partial charge in [0.25, 0.3) is 10.0 Å². The summed E-state index contributed by atoms with van der Waals surface area (Å²) < 4.78 is 34.6. The van der Waals surface area contributed by atoms with E-state index in [1.165, 1.54) is 0 Å². The second-order valence-electron chi connectivity index (χ2n) is 9.19. The van der Waals surface area contributed by atoms with Crippen molar-refractivity contribution in [2.24, 2.45) is 0 Å². The number of ether oxygens (including phenoxy) is 1. The molecule has 0 saturated carbocycles. The van der Waals surface area contributed by atoms with Gasteiger partial charge in [0.1, 0.15) is 18.0 Å². The van der Waals surface area contributed by atoms with Gasteiger partial charge >= 0.3 is 0 Å². The average Bonchev–Trinajstić information content (AvgIpc) is 2.98. The minimum absolute atomic E-state index is 0.0974. The van der Waals surface area contributed by atoms with E-state index in [9.17, 15) is 13.2 Å². The third-order valence-electron chi connectivity index (χ3n) is 6.29. The highest BCUT2D eigenvalue weighted by molar-refractivity contribution is 7.92. The van der Waals surface area contributed by atoms with E-state index in [1.807, 2.05) is 85.8 Å². The molecule has 5 aromatic rings. The van der Waals surface area contributed by atoms with Crippen molar-refractivity contribution in [3.63, 3.8) is 0 Å². The van der Waals surface area contributed by atoms with Crippen LogP contribution in [0.25, 0.3) is 11.1 Å². The first-order valence-corrected chi connectivity index (χ1v) is 14.2. The Bertz CT molecular complexity index is 1690. The lowest BCUT2D eigenvalue weighted by Gasteiger charge is -2.24. The zero-order valence-electron chi connectivity index (χ0n) is 21.9. The molecule has 1 amide bonds. The Kier molecular flexibility index (Phi) is 7.94. The Morgan fingerprint density at radius 3 is 1.95 bits per heavy atom. The molecule has 0 aromatic heterocycles. The number of sulfonamides is 1. The molecular weight excluding hydrogens is 520 g/mol. The minimum Gasteiger partial charge on any atom is -0.457 e. The number of nitrogens with zero attached hydrogens (tertiary/aromatic N) is 1. The van der Waals surface area contributed by atoms with Crippen LogP contribution < -0.4 is 14.4 Å². The Hall–Kier alpha value is -4.88. The van der Waals surface area contributed by atoms with E-state index in [4.69, 9.17) is 4.74 Å². The van der Waals surface area contributed by atoms with E-state index >= 15 is 0 Å². The number of anilines is 2. The van der Waals surface area contributed by atoms with Crippen LogP contribution in [0.2, 0.25) is 0 Å². The Labute approximate surface area is 234 Å². The van der Waals surface area contributed by atoms with Crippen LogP contribution in [0.1, 0.15) is 5.56 Å². The van der Waals surface area contributed by atoms with Gasteiger partial charge in [0.05, 0.1) is 10.6 Å². The molecule has 0 atom stereocenters. The minimum atomic E-state index is -4.06. The summed E-state index contributed by atoms with van der Waals surface area (Å²) in [4.78, 5) is 13.5. The molecule has 0 bridgehead atoms. The molecule has 200 valence electrons. The molecule has 5 rings (SSSR count). The van der Waals surface area contributed by atoms with Gasteiger partial charge in [-0.2, -0.15) is 0 Å². The molecule has 0 aliphatic rings. The Morgan fingerprint density at radius 2 is 1.27 bits per heavy atom. The van der Waals surface area contributed by atoms with E-state index in [1.54, 1.807) is 54.6 Å². The first kappa shape index (κ1) is 26.7. The van der Waals surface area contributed by atoms with E-state index in [-0.39, 0.29) is 4.90 Å². The van der Waals surface area contributed by atoms with Gasteiger partial charge in [0.15, 0.2) is 0 Å². The molecule has 0 fully saturated rings. The Morgan fingerprint density at radius 1 is 0.700 bits per heavy atom. The van der Waals surface area contributed by atoms with Gasteiger partial charge in [-0.25, -0.2) is 8.42 Å². The number of amides is 1. The van der Waals surface area contributed by atoms with E-state index in [0.717, 1.165) is 21.0 Å². The Balaban J connectivity index is 1.44. The summed E-state index contributed by atoms with van der Waals surface area (Å²) in [6, 6.07) is 39.6. The maximum absolute atomic E-state index is 13.8. The van der Waals surface area contributed by atoms with Gasteiger partial charge < -0.3 is 10.1 Å². The number of hydrogen-bond donors (Lipinski definition) is 1. The quantitative estimate of drug-likeness (QED) is 0.210. The number of hydrogen-bond acceptors (Lipinski definition) is 4. The smallest absolute Gasteiger partial charge is 0.264 e. The maximum atomic E-state index is 13.8. The molecule has 0 unspecified atom stereocenters. The summed E-state index contributed by atoms with van der Waals surface area (Å²) in [6.07, 6.45) is 0. The molecule has 0 spiro atoms. The fraction of sp³-hybridized carbons (Fsp3) is 0.0606. The third kappa shape index (κ3) is 6.22. The van der Waals surface area contributed by atoms with Crippen LogP contribution in [0.5, 0.6) is 11.5 Å². The molecule has 1 N–H and O–H groups in total. The highest BCUT2D eigenvalue weighted by Gasteiger charge is 2.27. The van der Waals surface area contributed by atoms with Gasteiger partial charge in [-0.05, 0) is 67.1 Å². The molecule has 40 heavy (non-hydrogen) atoms. The molecule has 0 aliphatic heterocycles. The van der Waals surface area contributed by atoms with Gasteiger partial charge in [-0.3, -0.25) is 9.10 Å². The van der Waals surface area contributed by atoms with Crippen LogP contribution >= 0.6 is 0 Å². The zero-order chi connectivity index (χ0) is 28.0. The molecule has 0 aliphatic carbocycles. The topological polar surface area (TPSA) is 75.7 Å². The fourth-order valence-corrected chi connectivity index (χ4v) is 5.66. The maximum Gasteiger partial charge on any atom is 0.264 e. The number of carbonyl (C=O) groups excluding carboxylic acids is 1. The van der Waals surface area contributed by atoms with Crippen molar-refractivity contribution >= 4 is 27.3 Å². The molecule has 0 radical (unpaired) electrons. The first-order chi connectivity index (χ1) is 19.4. The molecular formula is C33H28N2O4S. The van der Waals surface area contributed by atoms with Crippen molar-refractivity contribution in [2.75, 3.05) is 16.2 Å². The standard InChI is InChI=1S/C33H28N2O4S/c1-25-16-22-30(23-17-25)40(37,38)35(27-18-20-29(21-19-27)39-28-12-6-3-7-13-28)24-33(36)34-32-15-9-8-14-31(32)26-10-4-2-5-11-26/h2-23H,24H2,1H3,(H,34,36). The van der Waals surface area contributed by atoms with Crippen molar-refractivity contribution in [1.29, 1.82) is 0 Å². The monoisotopic (exact) mass is 548 g/mol. The number of carbonyl (C=O) groups is 1. The second-order valence-corrected chi connectivity index (χ2v) is 11.1. The van der Waals surface area contributed by atoms with Gasteiger partial charge in [-0.15, -0.1) is 0 Å². The number of para-hydroxylation sites is 2. The summed E-state index contributed by atoms with van der Waals surface area (Å²) in [5, 5.41) is 2.92. The average molecular weight is 549 g/mol. The SMILES string of the molecule is Cc1ccc(S(=O)(=O)N(CC(=O)Nc2ccccc2-c2ccccc2)c2ccc(Oc3ccccc3)cc2)cc1. The summed E-state index contributed by atoms with van der Waals surface area (Å²) in [5.41, 5.74) is 3.65. The predicted molar refractivity (Wildman–Crippen MR) is 159 cm³/mol. The number of aryl methyl sites for hydroxylation is 1. The normalized spacial score (nSPS) is 11.0. The van der Waals surface area contributed by atoms with Crippen molar-refractivity contribution in [1.82, 2.24) is 0 Å². The van der Waals surface area contributed by atoms with Crippen molar-refractivity contribution in [3.05, 3.63) is 139 Å². The van der Waals surface area contributed by atoms with Crippen LogP contribution in [0.3, 0.4) is 0 Å². The van der Waals surface area contributed by atoms with E-state index in [0.29, 0.717) is 22.9 Å². The first-order valence-electron chi connectivity index (χ1n) is 12.8. The van der Waals surface area contributed by atoms with Crippen molar-refractivity contribution < 1.29 is 17.9 Å². The zero-order valence-corrected chi connectivity index (χ0v) is 22.7. The number of benzene rings is 5. The highest BCUT2D eigenvalue weighted by atomic mass is 32.2. The lowest BCUT2D eigenvalue weighted by atomic mass is 10.0. The van der Waals surface area contributed by atoms with E-state index in [2.05, 4.69) is 5.32 Å². The van der Waals surface area contributed by atoms with Gasteiger partial charge in [0, 0.05) is 11.3 Å². The number of nitrogens with one attached hydrogen (secondary N) is 1. The summed E-state index contributed by atoms with van der Waals surface area (Å²) in [7, 11) is -4.06. The van der Waals surface area contributed by atoms with Crippen molar-refractivity contribution in [2.45, 2.75) is 11.8 Å². The highest BCUT2D eigenvalue weighted by Crippen LogP contribution is 2.30. The number of rotatable bonds is 9. The summed E-state index contributed by atoms with van der Waals surface area (Å²) >= 11 is 0. The lowest BCUT2D eigenvalue weighted by Crippen LogP contribution is -2.38. The summed E-state index contributed by atoms with van der Waals surface area (Å²) in [5.74, 6) is 0.739. The fourth-order valence-electron chi connectivity index (χ4n) is 4.24. The van der Waals surface area contributed by atoms with Crippen LogP contribution in [-0.4, -0.2) is 20.9 Å². The molecule has 6 nitrogen and oxygen atoms in total. The van der Waals surface area contributed by atoms with Crippen LogP contribution in [0, 0.1) is 6.92 Å². The second kappa shape index (κ2) is 11.9. The molecule has 0 heterocycles. The van der Waals surface area contributed by atoms with Gasteiger partial charge in [0.2, 0.25) is 5.91 Å². The largest absolute Gasteiger partial charge is 0.457 e.